The Morgan fingerprint density at radius 3 is 1.92 bits per heavy atom. The molecule has 0 aliphatic carbocycles. The van der Waals surface area contributed by atoms with Gasteiger partial charge in [-0.1, -0.05) is 65.7 Å². The lowest BCUT2D eigenvalue weighted by Crippen LogP contribution is -2.52. The first kappa shape index (κ1) is 28.2. The van der Waals surface area contributed by atoms with E-state index in [0.717, 1.165) is 29.8 Å². The van der Waals surface area contributed by atoms with Crippen molar-refractivity contribution in [2.45, 2.75) is 23.9 Å². The highest BCUT2D eigenvalue weighted by atomic mass is 35.5. The molecule has 0 aliphatic rings. The van der Waals surface area contributed by atoms with Crippen LogP contribution in [0.4, 0.5) is 5.69 Å². The Hall–Kier alpha value is -3.40. The van der Waals surface area contributed by atoms with Crippen LogP contribution < -0.4 is 4.90 Å². The zero-order valence-electron chi connectivity index (χ0n) is 21.2. The maximum absolute atomic E-state index is 14.3. The highest BCUT2D eigenvalue weighted by Crippen LogP contribution is 2.40. The summed E-state index contributed by atoms with van der Waals surface area (Å²) in [7, 11) is 1.34. The van der Waals surface area contributed by atoms with Gasteiger partial charge in [0.1, 0.15) is 0 Å². The van der Waals surface area contributed by atoms with Gasteiger partial charge in [0.25, 0.3) is 0 Å². The first-order chi connectivity index (χ1) is 17.5. The van der Waals surface area contributed by atoms with Crippen LogP contribution in [0.1, 0.15) is 22.7 Å². The van der Waals surface area contributed by atoms with Gasteiger partial charge in [0.2, 0.25) is 16.1 Å². The van der Waals surface area contributed by atoms with E-state index in [1.807, 2.05) is 25.9 Å². The third-order valence-electron chi connectivity index (χ3n) is 5.86. The second kappa shape index (κ2) is 11.8. The molecule has 0 saturated heterocycles. The molecule has 37 heavy (non-hydrogen) atoms. The molecule has 0 bridgehead atoms. The van der Waals surface area contributed by atoms with E-state index in [4.69, 9.17) is 21.1 Å². The van der Waals surface area contributed by atoms with Crippen LogP contribution in [0.15, 0.2) is 77.7 Å². The van der Waals surface area contributed by atoms with Crippen molar-refractivity contribution < 1.29 is 27.5 Å². The van der Waals surface area contributed by atoms with Crippen LogP contribution in [0, 0.1) is 6.92 Å². The Labute approximate surface area is 222 Å². The van der Waals surface area contributed by atoms with Crippen molar-refractivity contribution in [2.75, 3.05) is 33.2 Å². The van der Waals surface area contributed by atoms with E-state index in [-0.39, 0.29) is 9.92 Å². The highest BCUT2D eigenvalue weighted by Gasteiger charge is 2.48. The maximum atomic E-state index is 14.3. The fourth-order valence-corrected chi connectivity index (χ4v) is 5.86. The standard InChI is InChI=1S/C27H29ClN2O6S/c1-18-11-14-21(15-12-18)37(33,34)30(25(26(31)35-4)27(32)36-5)24(19-9-7-6-8-10-19)22-16-13-20(29(2)3)17-23(22)28/h6-17,24-25H,1-5H3. The first-order valence-corrected chi connectivity index (χ1v) is 13.1. The molecular formula is C27H29ClN2O6S. The Balaban J connectivity index is 2.41. The van der Waals surface area contributed by atoms with Crippen molar-refractivity contribution in [3.63, 3.8) is 0 Å². The Bertz CT molecular complexity index is 1350. The van der Waals surface area contributed by atoms with Crippen LogP contribution in [-0.2, 0) is 29.1 Å². The molecule has 0 radical (unpaired) electrons. The van der Waals surface area contributed by atoms with Gasteiger partial charge in [0, 0.05) is 24.8 Å². The topological polar surface area (TPSA) is 93.2 Å². The smallest absolute Gasteiger partial charge is 0.335 e. The van der Waals surface area contributed by atoms with Crippen LogP contribution in [0.2, 0.25) is 5.02 Å². The minimum absolute atomic E-state index is 0.113. The number of sulfonamides is 1. The lowest BCUT2D eigenvalue weighted by molar-refractivity contribution is -0.158. The van der Waals surface area contributed by atoms with Crippen LogP contribution >= 0.6 is 11.6 Å². The SMILES string of the molecule is COC(=O)C(C(=O)OC)N(C(c1ccccc1)c1ccc(N(C)C)cc1Cl)S(=O)(=O)c1ccc(C)cc1. The molecule has 0 N–H and O–H groups in total. The molecule has 0 heterocycles. The third-order valence-corrected chi connectivity index (χ3v) is 8.04. The van der Waals surface area contributed by atoms with Gasteiger partial charge >= 0.3 is 11.9 Å². The van der Waals surface area contributed by atoms with Crippen molar-refractivity contribution in [3.8, 4) is 0 Å². The molecule has 0 spiro atoms. The maximum Gasteiger partial charge on any atom is 0.335 e. The van der Waals surface area contributed by atoms with E-state index in [1.54, 1.807) is 60.7 Å². The summed E-state index contributed by atoms with van der Waals surface area (Å²) in [6.45, 7) is 1.82. The number of hydrogen-bond donors (Lipinski definition) is 0. The predicted molar refractivity (Wildman–Crippen MR) is 142 cm³/mol. The predicted octanol–water partition coefficient (Wildman–Crippen LogP) is 4.21. The summed E-state index contributed by atoms with van der Waals surface area (Å²) in [5.41, 5.74) is 2.47. The summed E-state index contributed by atoms with van der Waals surface area (Å²) >= 11 is 6.73. The van der Waals surface area contributed by atoms with Crippen LogP contribution in [0.25, 0.3) is 0 Å². The Kier molecular flexibility index (Phi) is 8.96. The number of halogens is 1. The second-order valence-electron chi connectivity index (χ2n) is 8.51. The average molecular weight is 545 g/mol. The fourth-order valence-electron chi connectivity index (χ4n) is 3.90. The number of rotatable bonds is 9. The molecule has 196 valence electrons. The van der Waals surface area contributed by atoms with Gasteiger partial charge in [-0.05, 0) is 42.3 Å². The quantitative estimate of drug-likeness (QED) is 0.294. The van der Waals surface area contributed by atoms with Gasteiger partial charge < -0.3 is 14.4 Å². The molecule has 0 amide bonds. The summed E-state index contributed by atoms with van der Waals surface area (Å²) in [5, 5.41) is 0.248. The number of benzene rings is 3. The van der Waals surface area contributed by atoms with Gasteiger partial charge in [0.15, 0.2) is 0 Å². The second-order valence-corrected chi connectivity index (χ2v) is 10.8. The zero-order valence-corrected chi connectivity index (χ0v) is 22.8. The van der Waals surface area contributed by atoms with E-state index < -0.39 is 34.0 Å². The molecule has 1 unspecified atom stereocenters. The number of esters is 2. The first-order valence-electron chi connectivity index (χ1n) is 11.3. The van der Waals surface area contributed by atoms with Gasteiger partial charge in [-0.3, -0.25) is 0 Å². The molecule has 3 aromatic carbocycles. The van der Waals surface area contributed by atoms with E-state index in [0.29, 0.717) is 11.1 Å². The minimum Gasteiger partial charge on any atom is -0.467 e. The monoisotopic (exact) mass is 544 g/mol. The van der Waals surface area contributed by atoms with Crippen molar-refractivity contribution in [1.29, 1.82) is 0 Å². The Morgan fingerprint density at radius 2 is 1.43 bits per heavy atom. The molecule has 3 rings (SSSR count). The number of hydrogen-bond acceptors (Lipinski definition) is 7. The number of nitrogens with zero attached hydrogens (tertiary/aromatic N) is 2. The minimum atomic E-state index is -4.50. The fraction of sp³-hybridized carbons (Fsp3) is 0.259. The number of methoxy groups -OCH3 is 2. The van der Waals surface area contributed by atoms with Crippen LogP contribution in [0.5, 0.6) is 0 Å². The number of ether oxygens (including phenoxy) is 2. The van der Waals surface area contributed by atoms with Crippen molar-refractivity contribution >= 4 is 39.3 Å². The molecule has 10 heteroatoms. The average Bonchev–Trinajstić information content (AvgIpc) is 2.89. The van der Waals surface area contributed by atoms with E-state index >= 15 is 0 Å². The number of carbonyl (C=O) groups excluding carboxylic acids is 2. The number of carbonyl (C=O) groups is 2. The lowest BCUT2D eigenvalue weighted by Gasteiger charge is -2.35. The van der Waals surface area contributed by atoms with Crippen molar-refractivity contribution in [1.82, 2.24) is 4.31 Å². The van der Waals surface area contributed by atoms with Gasteiger partial charge in [0.05, 0.1) is 25.2 Å². The van der Waals surface area contributed by atoms with Crippen molar-refractivity contribution in [2.24, 2.45) is 0 Å². The number of anilines is 1. The normalized spacial score (nSPS) is 12.3. The molecule has 1 atom stereocenters. The highest BCUT2D eigenvalue weighted by molar-refractivity contribution is 7.89. The van der Waals surface area contributed by atoms with E-state index in [9.17, 15) is 18.0 Å². The summed E-state index contributed by atoms with van der Waals surface area (Å²) in [6.07, 6.45) is 0. The van der Waals surface area contributed by atoms with E-state index in [1.165, 1.54) is 12.1 Å². The summed E-state index contributed by atoms with van der Waals surface area (Å²) < 4.78 is 39.1. The largest absolute Gasteiger partial charge is 0.467 e. The summed E-state index contributed by atoms with van der Waals surface area (Å²) in [6, 6.07) is 16.7. The van der Waals surface area contributed by atoms with Crippen molar-refractivity contribution in [3.05, 3.63) is 94.5 Å². The summed E-state index contributed by atoms with van der Waals surface area (Å²) in [5.74, 6) is -2.19. The molecule has 0 saturated carbocycles. The molecule has 0 aliphatic heterocycles. The zero-order chi connectivity index (χ0) is 27.3. The Morgan fingerprint density at radius 1 is 0.865 bits per heavy atom. The molecular weight excluding hydrogens is 516 g/mol. The lowest BCUT2D eigenvalue weighted by atomic mass is 9.97. The molecule has 0 aromatic heterocycles. The van der Waals surface area contributed by atoms with Crippen LogP contribution in [-0.4, -0.2) is 59.0 Å². The molecule has 8 nitrogen and oxygen atoms in total. The molecule has 0 fully saturated rings. The van der Waals surface area contributed by atoms with Gasteiger partial charge in [-0.25, -0.2) is 18.0 Å². The van der Waals surface area contributed by atoms with E-state index in [2.05, 4.69) is 0 Å². The van der Waals surface area contributed by atoms with Crippen LogP contribution in [0.3, 0.4) is 0 Å². The number of aryl methyl sites for hydroxylation is 1. The molecule has 3 aromatic rings. The summed E-state index contributed by atoms with van der Waals surface area (Å²) in [4.78, 5) is 27.8. The third kappa shape index (κ3) is 5.95. The van der Waals surface area contributed by atoms with Gasteiger partial charge in [-0.15, -0.1) is 0 Å². The van der Waals surface area contributed by atoms with Gasteiger partial charge in [-0.2, -0.15) is 4.31 Å².